The molecule has 0 aliphatic carbocycles. The molecule has 0 radical (unpaired) electrons. The molecule has 1 aliphatic heterocycles. The maximum Gasteiger partial charge on any atom is 0.277 e. The van der Waals surface area contributed by atoms with Crippen molar-refractivity contribution >= 4 is 23.4 Å². The Bertz CT molecular complexity index is 1230. The first-order valence-corrected chi connectivity index (χ1v) is 10.8. The number of rotatable bonds is 7. The molecule has 1 unspecified atom stereocenters. The molecule has 162 valence electrons. The summed E-state index contributed by atoms with van der Waals surface area (Å²) in [4.78, 5) is 13.0. The summed E-state index contributed by atoms with van der Waals surface area (Å²) in [7, 11) is 1.58. The van der Waals surface area contributed by atoms with Gasteiger partial charge in [0.25, 0.3) is 17.0 Å². The Kier molecular flexibility index (Phi) is 5.51. The number of aromatic nitrogens is 2. The number of ether oxygens (including phenoxy) is 1. The lowest BCUT2D eigenvalue weighted by Gasteiger charge is -2.19. The molecule has 1 atom stereocenters. The Morgan fingerprint density at radius 3 is 2.75 bits per heavy atom. The monoisotopic (exact) mass is 450 g/mol. The molecule has 32 heavy (non-hydrogen) atoms. The summed E-state index contributed by atoms with van der Waals surface area (Å²) in [5.74, 6) is 2.09. The molecule has 4 heterocycles. The molecule has 0 fully saturated rings. The minimum Gasteiger partial charge on any atom is -0.496 e. The quantitative estimate of drug-likeness (QED) is 0.381. The van der Waals surface area contributed by atoms with E-state index in [4.69, 9.17) is 18.0 Å². The molecular formula is C22H18N4O5S. The van der Waals surface area contributed by atoms with Crippen molar-refractivity contribution in [2.75, 3.05) is 12.9 Å². The standard InChI is InChI=1S/C22H18N4O5S/c1-28-17-7-3-2-6-14(17)21-23-24-22(31-21)32-13-20(27)26-16(19-9-5-11-30-19)12-15(25-26)18-8-4-10-29-18/h2-11,16H,12-13H2,1H3. The van der Waals surface area contributed by atoms with Crippen LogP contribution in [0, 0.1) is 0 Å². The average molecular weight is 450 g/mol. The molecule has 0 N–H and O–H groups in total. The third kappa shape index (κ3) is 3.92. The van der Waals surface area contributed by atoms with Crippen LogP contribution in [-0.4, -0.2) is 39.7 Å². The second-order valence-corrected chi connectivity index (χ2v) is 7.79. The molecule has 0 saturated carbocycles. The maximum absolute atomic E-state index is 13.0. The normalized spacial score (nSPS) is 15.7. The lowest BCUT2D eigenvalue weighted by Crippen LogP contribution is -2.28. The van der Waals surface area contributed by atoms with Crippen molar-refractivity contribution in [1.29, 1.82) is 0 Å². The van der Waals surface area contributed by atoms with Gasteiger partial charge in [0.05, 0.1) is 31.0 Å². The van der Waals surface area contributed by atoms with Crippen LogP contribution in [0.4, 0.5) is 0 Å². The number of thioether (sulfide) groups is 1. The fourth-order valence-corrected chi connectivity index (χ4v) is 4.04. The summed E-state index contributed by atoms with van der Waals surface area (Å²) in [6.45, 7) is 0. The summed E-state index contributed by atoms with van der Waals surface area (Å²) < 4.78 is 22.1. The van der Waals surface area contributed by atoms with Gasteiger partial charge >= 0.3 is 0 Å². The number of hydrazone groups is 1. The Labute approximate surface area is 187 Å². The maximum atomic E-state index is 13.0. The second-order valence-electron chi connectivity index (χ2n) is 6.86. The molecule has 0 spiro atoms. The summed E-state index contributed by atoms with van der Waals surface area (Å²) in [5, 5.41) is 14.3. The largest absolute Gasteiger partial charge is 0.496 e. The first-order chi connectivity index (χ1) is 15.7. The van der Waals surface area contributed by atoms with Gasteiger partial charge in [0, 0.05) is 6.42 Å². The van der Waals surface area contributed by atoms with Gasteiger partial charge in [0.1, 0.15) is 29.0 Å². The van der Waals surface area contributed by atoms with Crippen LogP contribution in [0.3, 0.4) is 0 Å². The smallest absolute Gasteiger partial charge is 0.277 e. The van der Waals surface area contributed by atoms with Crippen LogP contribution >= 0.6 is 11.8 Å². The van der Waals surface area contributed by atoms with Crippen LogP contribution in [0.25, 0.3) is 11.5 Å². The van der Waals surface area contributed by atoms with Gasteiger partial charge in [-0.25, -0.2) is 5.01 Å². The van der Waals surface area contributed by atoms with Crippen molar-refractivity contribution < 1.29 is 22.8 Å². The van der Waals surface area contributed by atoms with Crippen LogP contribution in [0.2, 0.25) is 0 Å². The van der Waals surface area contributed by atoms with E-state index in [-0.39, 0.29) is 22.9 Å². The highest BCUT2D eigenvalue weighted by Crippen LogP contribution is 2.35. The van der Waals surface area contributed by atoms with E-state index in [9.17, 15) is 4.79 Å². The van der Waals surface area contributed by atoms with Gasteiger partial charge in [-0.1, -0.05) is 23.9 Å². The molecule has 5 rings (SSSR count). The molecule has 1 aromatic carbocycles. The number of hydrogen-bond acceptors (Lipinski definition) is 9. The summed E-state index contributed by atoms with van der Waals surface area (Å²) in [5.41, 5.74) is 1.37. The number of methoxy groups -OCH3 is 1. The molecule has 9 nitrogen and oxygen atoms in total. The first-order valence-electron chi connectivity index (χ1n) is 9.79. The molecule has 10 heteroatoms. The van der Waals surface area contributed by atoms with Crippen molar-refractivity contribution in [3.63, 3.8) is 0 Å². The Morgan fingerprint density at radius 2 is 1.97 bits per heavy atom. The fourth-order valence-electron chi connectivity index (χ4n) is 3.42. The Morgan fingerprint density at radius 1 is 1.12 bits per heavy atom. The predicted octanol–water partition coefficient (Wildman–Crippen LogP) is 4.40. The number of nitrogens with zero attached hydrogens (tertiary/aromatic N) is 4. The zero-order valence-corrected chi connectivity index (χ0v) is 17.8. The fraction of sp³-hybridized carbons (Fsp3) is 0.182. The van der Waals surface area contributed by atoms with E-state index in [1.165, 1.54) is 5.01 Å². The van der Waals surface area contributed by atoms with Gasteiger partial charge in [-0.3, -0.25) is 4.79 Å². The van der Waals surface area contributed by atoms with Crippen molar-refractivity contribution in [2.45, 2.75) is 17.7 Å². The van der Waals surface area contributed by atoms with E-state index in [0.717, 1.165) is 11.8 Å². The van der Waals surface area contributed by atoms with Gasteiger partial charge in [0.2, 0.25) is 0 Å². The minimum atomic E-state index is -0.343. The molecule has 0 bridgehead atoms. The lowest BCUT2D eigenvalue weighted by molar-refractivity contribution is -0.130. The third-order valence-corrected chi connectivity index (χ3v) is 5.71. The van der Waals surface area contributed by atoms with Gasteiger partial charge in [-0.2, -0.15) is 5.10 Å². The van der Waals surface area contributed by atoms with Crippen LogP contribution in [0.1, 0.15) is 24.0 Å². The van der Waals surface area contributed by atoms with Crippen LogP contribution in [0.15, 0.2) is 84.6 Å². The van der Waals surface area contributed by atoms with Crippen molar-refractivity contribution in [3.05, 3.63) is 72.6 Å². The van der Waals surface area contributed by atoms with Crippen molar-refractivity contribution in [3.8, 4) is 17.2 Å². The van der Waals surface area contributed by atoms with Crippen LogP contribution < -0.4 is 4.74 Å². The molecule has 1 amide bonds. The van der Waals surface area contributed by atoms with Gasteiger partial charge in [0.15, 0.2) is 0 Å². The molecular weight excluding hydrogens is 432 g/mol. The summed E-state index contributed by atoms with van der Waals surface area (Å²) in [6, 6.07) is 14.2. The van der Waals surface area contributed by atoms with E-state index in [1.54, 1.807) is 31.8 Å². The molecule has 4 aromatic rings. The van der Waals surface area contributed by atoms with Crippen LogP contribution in [0.5, 0.6) is 5.75 Å². The average Bonchev–Trinajstić information content (AvgIpc) is 3.63. The number of para-hydroxylation sites is 1. The zero-order valence-electron chi connectivity index (χ0n) is 17.0. The third-order valence-electron chi connectivity index (χ3n) is 4.91. The van der Waals surface area contributed by atoms with Crippen molar-refractivity contribution in [2.24, 2.45) is 5.10 Å². The topological polar surface area (TPSA) is 107 Å². The molecule has 0 saturated heterocycles. The second kappa shape index (κ2) is 8.75. The molecule has 1 aliphatic rings. The van der Waals surface area contributed by atoms with Gasteiger partial charge < -0.3 is 18.0 Å². The highest BCUT2D eigenvalue weighted by atomic mass is 32.2. The van der Waals surface area contributed by atoms with E-state index in [1.807, 2.05) is 36.4 Å². The van der Waals surface area contributed by atoms with E-state index < -0.39 is 0 Å². The van der Waals surface area contributed by atoms with E-state index in [2.05, 4.69) is 15.3 Å². The number of benzene rings is 1. The highest BCUT2D eigenvalue weighted by molar-refractivity contribution is 7.99. The minimum absolute atomic E-state index is 0.0691. The van der Waals surface area contributed by atoms with Crippen molar-refractivity contribution in [1.82, 2.24) is 15.2 Å². The number of furan rings is 2. The van der Waals surface area contributed by atoms with E-state index in [0.29, 0.717) is 40.9 Å². The predicted molar refractivity (Wildman–Crippen MR) is 115 cm³/mol. The highest BCUT2D eigenvalue weighted by Gasteiger charge is 2.35. The van der Waals surface area contributed by atoms with Gasteiger partial charge in [-0.05, 0) is 36.4 Å². The molecule has 3 aromatic heterocycles. The van der Waals surface area contributed by atoms with Crippen LogP contribution in [-0.2, 0) is 4.79 Å². The number of carbonyl (C=O) groups is 1. The Hall–Kier alpha value is -3.79. The Balaban J connectivity index is 1.31. The number of carbonyl (C=O) groups excluding carboxylic acids is 1. The number of hydrogen-bond donors (Lipinski definition) is 0. The van der Waals surface area contributed by atoms with Gasteiger partial charge in [-0.15, -0.1) is 10.2 Å². The SMILES string of the molecule is COc1ccccc1-c1nnc(SCC(=O)N2N=C(c3ccco3)CC2c2ccco2)o1. The lowest BCUT2D eigenvalue weighted by atomic mass is 10.1. The zero-order chi connectivity index (χ0) is 21.9. The summed E-state index contributed by atoms with van der Waals surface area (Å²) >= 11 is 1.15. The number of amides is 1. The first kappa shape index (κ1) is 20.1. The summed E-state index contributed by atoms with van der Waals surface area (Å²) in [6.07, 6.45) is 3.65. The van der Waals surface area contributed by atoms with E-state index >= 15 is 0 Å².